The van der Waals surface area contributed by atoms with Crippen molar-refractivity contribution in [3.63, 3.8) is 0 Å². The Kier molecular flexibility index (Phi) is 3.49. The SMILES string of the molecule is CC1(C)CC(=O)N(CCN2CCNCC2)C1=O. The predicted octanol–water partition coefficient (Wildman–Crippen LogP) is -0.323. The van der Waals surface area contributed by atoms with Crippen LogP contribution in [0, 0.1) is 5.41 Å². The van der Waals surface area contributed by atoms with E-state index in [2.05, 4.69) is 10.2 Å². The highest BCUT2D eigenvalue weighted by Crippen LogP contribution is 2.31. The van der Waals surface area contributed by atoms with Crippen molar-refractivity contribution in [1.29, 1.82) is 0 Å². The zero-order valence-electron chi connectivity index (χ0n) is 10.7. The Bertz CT molecular complexity index is 322. The number of carbonyl (C=O) groups excluding carboxylic acids is 2. The maximum absolute atomic E-state index is 12.0. The van der Waals surface area contributed by atoms with Crippen molar-refractivity contribution in [2.24, 2.45) is 5.41 Å². The van der Waals surface area contributed by atoms with Gasteiger partial charge in [0.2, 0.25) is 11.8 Å². The van der Waals surface area contributed by atoms with Crippen LogP contribution in [0.15, 0.2) is 0 Å². The molecule has 0 saturated carbocycles. The number of imide groups is 1. The van der Waals surface area contributed by atoms with Gasteiger partial charge in [0.25, 0.3) is 0 Å². The topological polar surface area (TPSA) is 52.7 Å². The van der Waals surface area contributed by atoms with Gasteiger partial charge in [-0.25, -0.2) is 0 Å². The molecule has 0 aliphatic carbocycles. The molecule has 5 heteroatoms. The van der Waals surface area contributed by atoms with Crippen molar-refractivity contribution in [2.75, 3.05) is 39.3 Å². The molecule has 0 unspecified atom stereocenters. The van der Waals surface area contributed by atoms with E-state index in [9.17, 15) is 9.59 Å². The average molecular weight is 239 g/mol. The molecule has 0 bridgehead atoms. The van der Waals surface area contributed by atoms with Gasteiger partial charge in [0, 0.05) is 45.7 Å². The van der Waals surface area contributed by atoms with E-state index in [0.717, 1.165) is 32.7 Å². The van der Waals surface area contributed by atoms with Crippen LogP contribution in [-0.4, -0.2) is 60.9 Å². The second-order valence-corrected chi connectivity index (χ2v) is 5.50. The number of piperazine rings is 1. The smallest absolute Gasteiger partial charge is 0.235 e. The normalized spacial score (nSPS) is 25.6. The van der Waals surface area contributed by atoms with Crippen LogP contribution < -0.4 is 5.32 Å². The molecule has 2 amide bonds. The zero-order chi connectivity index (χ0) is 12.5. The molecule has 2 aliphatic heterocycles. The number of carbonyl (C=O) groups is 2. The Morgan fingerprint density at radius 2 is 1.82 bits per heavy atom. The summed E-state index contributed by atoms with van der Waals surface area (Å²) in [5.41, 5.74) is -0.499. The van der Waals surface area contributed by atoms with Crippen LogP contribution in [0.25, 0.3) is 0 Å². The number of hydrogen-bond acceptors (Lipinski definition) is 4. The fraction of sp³-hybridized carbons (Fsp3) is 0.833. The van der Waals surface area contributed by atoms with Gasteiger partial charge < -0.3 is 5.32 Å². The Morgan fingerprint density at radius 1 is 1.18 bits per heavy atom. The largest absolute Gasteiger partial charge is 0.314 e. The highest BCUT2D eigenvalue weighted by molar-refractivity contribution is 6.05. The second-order valence-electron chi connectivity index (χ2n) is 5.50. The highest BCUT2D eigenvalue weighted by Gasteiger charge is 2.44. The number of rotatable bonds is 3. The molecule has 0 radical (unpaired) electrons. The lowest BCUT2D eigenvalue weighted by atomic mass is 9.92. The summed E-state index contributed by atoms with van der Waals surface area (Å²) in [6, 6.07) is 0. The van der Waals surface area contributed by atoms with Crippen molar-refractivity contribution < 1.29 is 9.59 Å². The van der Waals surface area contributed by atoms with Crippen molar-refractivity contribution >= 4 is 11.8 Å². The van der Waals surface area contributed by atoms with Crippen LogP contribution >= 0.6 is 0 Å². The highest BCUT2D eigenvalue weighted by atomic mass is 16.2. The lowest BCUT2D eigenvalue weighted by Crippen LogP contribution is -2.47. The average Bonchev–Trinajstić information content (AvgIpc) is 2.48. The Morgan fingerprint density at radius 3 is 2.35 bits per heavy atom. The summed E-state index contributed by atoms with van der Waals surface area (Å²) < 4.78 is 0. The van der Waals surface area contributed by atoms with Crippen LogP contribution in [-0.2, 0) is 9.59 Å². The van der Waals surface area contributed by atoms with E-state index in [1.807, 2.05) is 13.8 Å². The van der Waals surface area contributed by atoms with E-state index in [1.165, 1.54) is 4.90 Å². The summed E-state index contributed by atoms with van der Waals surface area (Å²) in [5, 5.41) is 3.28. The fourth-order valence-electron chi connectivity index (χ4n) is 2.43. The van der Waals surface area contributed by atoms with Gasteiger partial charge in [0.1, 0.15) is 0 Å². The molecule has 2 rings (SSSR count). The fourth-order valence-corrected chi connectivity index (χ4v) is 2.43. The Balaban J connectivity index is 1.86. The quantitative estimate of drug-likeness (QED) is 0.686. The summed E-state index contributed by atoms with van der Waals surface area (Å²) in [6.45, 7) is 9.02. The van der Waals surface area contributed by atoms with Crippen LogP contribution in [0.4, 0.5) is 0 Å². The summed E-state index contributed by atoms with van der Waals surface area (Å²) in [6.07, 6.45) is 0.355. The van der Waals surface area contributed by atoms with Crippen molar-refractivity contribution in [2.45, 2.75) is 20.3 Å². The van der Waals surface area contributed by atoms with E-state index in [4.69, 9.17) is 0 Å². The van der Waals surface area contributed by atoms with Gasteiger partial charge in [-0.2, -0.15) is 0 Å². The minimum absolute atomic E-state index is 0.0161. The molecular formula is C12H21N3O2. The van der Waals surface area contributed by atoms with Gasteiger partial charge in [-0.1, -0.05) is 13.8 Å². The van der Waals surface area contributed by atoms with Gasteiger partial charge in [-0.05, 0) is 0 Å². The molecule has 0 atom stereocenters. The van der Waals surface area contributed by atoms with E-state index < -0.39 is 5.41 Å². The van der Waals surface area contributed by atoms with Crippen molar-refractivity contribution in [3.05, 3.63) is 0 Å². The predicted molar refractivity (Wildman–Crippen MR) is 64.4 cm³/mol. The van der Waals surface area contributed by atoms with Crippen LogP contribution in [0.2, 0.25) is 0 Å². The van der Waals surface area contributed by atoms with E-state index in [-0.39, 0.29) is 11.8 Å². The first-order chi connectivity index (χ1) is 8.00. The lowest BCUT2D eigenvalue weighted by molar-refractivity contribution is -0.141. The van der Waals surface area contributed by atoms with Gasteiger partial charge in [-0.15, -0.1) is 0 Å². The Hall–Kier alpha value is -0.940. The second kappa shape index (κ2) is 4.74. The third kappa shape index (κ3) is 2.66. The summed E-state index contributed by atoms with van der Waals surface area (Å²) in [7, 11) is 0. The van der Waals surface area contributed by atoms with Gasteiger partial charge in [0.15, 0.2) is 0 Å². The number of hydrogen-bond donors (Lipinski definition) is 1. The maximum atomic E-state index is 12.0. The number of amides is 2. The minimum atomic E-state index is -0.499. The maximum Gasteiger partial charge on any atom is 0.235 e. The molecule has 0 aromatic carbocycles. The molecule has 1 N–H and O–H groups in total. The monoisotopic (exact) mass is 239 g/mol. The van der Waals surface area contributed by atoms with Gasteiger partial charge in [0.05, 0.1) is 5.41 Å². The first kappa shape index (κ1) is 12.5. The van der Waals surface area contributed by atoms with Gasteiger partial charge >= 0.3 is 0 Å². The van der Waals surface area contributed by atoms with E-state index >= 15 is 0 Å². The first-order valence-electron chi connectivity index (χ1n) is 6.28. The van der Waals surface area contributed by atoms with Crippen LogP contribution in [0.3, 0.4) is 0 Å². The minimum Gasteiger partial charge on any atom is -0.314 e. The molecule has 0 aromatic heterocycles. The summed E-state index contributed by atoms with van der Waals surface area (Å²) >= 11 is 0. The summed E-state index contributed by atoms with van der Waals surface area (Å²) in [5.74, 6) is -0.0345. The summed E-state index contributed by atoms with van der Waals surface area (Å²) in [4.78, 5) is 27.5. The molecule has 0 aromatic rings. The number of likely N-dealkylation sites (tertiary alicyclic amines) is 1. The molecule has 5 nitrogen and oxygen atoms in total. The molecule has 2 saturated heterocycles. The molecular weight excluding hydrogens is 218 g/mol. The molecule has 0 spiro atoms. The third-order valence-corrected chi connectivity index (χ3v) is 3.57. The standard InChI is InChI=1S/C12H21N3O2/c1-12(2)9-10(16)15(11(12)17)8-7-14-5-3-13-4-6-14/h13H,3-9H2,1-2H3. The molecule has 2 heterocycles. The van der Waals surface area contributed by atoms with Crippen LogP contribution in [0.1, 0.15) is 20.3 Å². The molecule has 96 valence electrons. The first-order valence-corrected chi connectivity index (χ1v) is 6.28. The zero-order valence-corrected chi connectivity index (χ0v) is 10.7. The van der Waals surface area contributed by atoms with E-state index in [0.29, 0.717) is 13.0 Å². The van der Waals surface area contributed by atoms with E-state index in [1.54, 1.807) is 0 Å². The van der Waals surface area contributed by atoms with Gasteiger partial charge in [-0.3, -0.25) is 19.4 Å². The number of nitrogens with zero attached hydrogens (tertiary/aromatic N) is 2. The van der Waals surface area contributed by atoms with Crippen molar-refractivity contribution in [1.82, 2.24) is 15.1 Å². The number of nitrogens with one attached hydrogen (secondary N) is 1. The third-order valence-electron chi connectivity index (χ3n) is 3.57. The molecule has 2 aliphatic rings. The molecule has 17 heavy (non-hydrogen) atoms. The lowest BCUT2D eigenvalue weighted by Gasteiger charge is -2.28. The Labute approximate surface area is 102 Å². The van der Waals surface area contributed by atoms with Crippen molar-refractivity contribution in [3.8, 4) is 0 Å². The molecule has 2 fully saturated rings. The van der Waals surface area contributed by atoms with Crippen LogP contribution in [0.5, 0.6) is 0 Å².